The lowest BCUT2D eigenvalue weighted by molar-refractivity contribution is -0.149. The zero-order chi connectivity index (χ0) is 68.1. The number of halogens is 3. The van der Waals surface area contributed by atoms with E-state index in [-0.39, 0.29) is 101 Å². The second-order valence-electron chi connectivity index (χ2n) is 23.2. The maximum atomic E-state index is 12.4. The molecule has 520 valence electrons. The number of alkyl halides is 2. The van der Waals surface area contributed by atoms with E-state index in [4.69, 9.17) is 86.9 Å². The molecule has 3 aliphatic carbocycles. The molecule has 20 nitrogen and oxygen atoms in total. The van der Waals surface area contributed by atoms with E-state index < -0.39 is 0 Å². The van der Waals surface area contributed by atoms with E-state index in [2.05, 4.69) is 6.58 Å². The highest BCUT2D eigenvalue weighted by atomic mass is 35.5. The monoisotopic (exact) mass is 1370 g/mol. The Labute approximate surface area is 568 Å². The van der Waals surface area contributed by atoms with E-state index in [0.717, 1.165) is 100 Å². The van der Waals surface area contributed by atoms with Gasteiger partial charge in [0.05, 0.1) is 96.3 Å². The standard InChI is InChI=1S/C24H33ClO7.C24H32O7.C23H30Cl2O6/c1-29-23(27)18-6-8-19(9-7-18)24(28)32-21-12-10-20(11-13-21)30-16-4-2-3-5-17-31-22(26)14-15-25;1-3-22(25)30-17-7-5-4-6-16-29-20-12-14-21(15-13-20)31-24(27)19-10-8-18(9-11-19)23(26)28-2;24-14-13-21(26)30-16-4-2-1-3-15-29-19-9-11-20(12-10-19)31-23(28)18-7-5-17(6-8-18)22(25)27/h10-13,18-19H,2-9,14-17H2,1H3;3,12-15,18-19H,1,4-11,16-17H2,2H3;9-12,17-18H,1-8,13-16H2. The highest BCUT2D eigenvalue weighted by molar-refractivity contribution is 6.64. The van der Waals surface area contributed by atoms with Gasteiger partial charge in [0.1, 0.15) is 34.5 Å². The molecule has 0 bridgehead atoms. The van der Waals surface area contributed by atoms with Crippen LogP contribution in [0.15, 0.2) is 85.5 Å². The van der Waals surface area contributed by atoms with Gasteiger partial charge in [-0.25, -0.2) is 4.79 Å². The van der Waals surface area contributed by atoms with Gasteiger partial charge in [0.2, 0.25) is 5.24 Å². The molecule has 3 fully saturated rings. The number of rotatable bonds is 38. The Morgan fingerprint density at radius 3 is 0.862 bits per heavy atom. The molecule has 0 unspecified atom stereocenters. The summed E-state index contributed by atoms with van der Waals surface area (Å²) in [5.41, 5.74) is 0. The lowest BCUT2D eigenvalue weighted by atomic mass is 9.82. The van der Waals surface area contributed by atoms with Crippen LogP contribution in [0.2, 0.25) is 0 Å². The molecule has 0 atom stereocenters. The van der Waals surface area contributed by atoms with Crippen molar-refractivity contribution in [1.82, 2.24) is 0 Å². The van der Waals surface area contributed by atoms with Gasteiger partial charge in [-0.15, -0.1) is 23.2 Å². The van der Waals surface area contributed by atoms with Crippen molar-refractivity contribution in [2.75, 3.05) is 65.6 Å². The van der Waals surface area contributed by atoms with Crippen molar-refractivity contribution < 1.29 is 95.3 Å². The molecule has 0 amide bonds. The van der Waals surface area contributed by atoms with Crippen LogP contribution < -0.4 is 28.4 Å². The Kier molecular flexibility index (Phi) is 40.5. The molecule has 0 aliphatic heterocycles. The third kappa shape index (κ3) is 33.5. The Balaban J connectivity index is 0.000000300. The minimum atomic E-state index is -0.386. The summed E-state index contributed by atoms with van der Waals surface area (Å²) in [5, 5.41) is -0.314. The Morgan fingerprint density at radius 1 is 0.362 bits per heavy atom. The summed E-state index contributed by atoms with van der Waals surface area (Å²) in [6.45, 7) is 6.41. The highest BCUT2D eigenvalue weighted by Crippen LogP contribution is 2.34. The smallest absolute Gasteiger partial charge is 0.330 e. The predicted molar refractivity (Wildman–Crippen MR) is 353 cm³/mol. The summed E-state index contributed by atoms with van der Waals surface area (Å²) in [6, 6.07) is 21.0. The van der Waals surface area contributed by atoms with Gasteiger partial charge in [0.15, 0.2) is 0 Å². The van der Waals surface area contributed by atoms with E-state index in [0.29, 0.717) is 146 Å². The third-order valence-corrected chi connectivity index (χ3v) is 16.8. The summed E-state index contributed by atoms with van der Waals surface area (Å²) in [7, 11) is 2.78. The first-order valence-corrected chi connectivity index (χ1v) is 34.4. The maximum Gasteiger partial charge on any atom is 0.330 e. The number of hydrogen-bond acceptors (Lipinski definition) is 20. The van der Waals surface area contributed by atoms with Crippen molar-refractivity contribution in [2.45, 2.75) is 167 Å². The van der Waals surface area contributed by atoms with Crippen molar-refractivity contribution in [1.29, 1.82) is 0 Å². The summed E-state index contributed by atoms with van der Waals surface area (Å²) in [4.78, 5) is 105. The molecule has 0 heterocycles. The van der Waals surface area contributed by atoms with Crippen LogP contribution in [0.5, 0.6) is 34.5 Å². The molecule has 3 aromatic rings. The van der Waals surface area contributed by atoms with E-state index in [1.165, 1.54) is 14.2 Å². The minimum absolute atomic E-state index is 0.111. The van der Waals surface area contributed by atoms with Gasteiger partial charge in [-0.1, -0.05) is 6.58 Å². The van der Waals surface area contributed by atoms with Gasteiger partial charge < -0.3 is 52.1 Å². The number of carbonyl (C=O) groups is 9. The molecule has 0 spiro atoms. The quantitative estimate of drug-likeness (QED) is 0.00982. The fourth-order valence-electron chi connectivity index (χ4n) is 10.6. The molecule has 3 saturated carbocycles. The van der Waals surface area contributed by atoms with Gasteiger partial charge in [-0.05, 0) is 238 Å². The van der Waals surface area contributed by atoms with Gasteiger partial charge in [-0.2, -0.15) is 0 Å². The SMILES string of the molecule is C=CC(=O)OCCCCCCOc1ccc(OC(=O)C2CCC(C(=O)OC)CC2)cc1.COC(=O)C1CCC(C(=O)Oc2ccc(OCCCCCCOC(=O)CCCl)cc2)CC1.O=C(CCCl)OCCCCCCOc1ccc(OC(=O)C2CCC(C(=O)Cl)CC2)cc1. The first kappa shape index (κ1) is 79.5. The van der Waals surface area contributed by atoms with Crippen molar-refractivity contribution in [3.8, 4) is 34.5 Å². The molecule has 23 heteroatoms. The van der Waals surface area contributed by atoms with Crippen LogP contribution >= 0.6 is 34.8 Å². The number of esters is 8. The summed E-state index contributed by atoms with van der Waals surface area (Å²) < 4.78 is 58.1. The van der Waals surface area contributed by atoms with Gasteiger partial charge in [-0.3, -0.25) is 38.4 Å². The summed E-state index contributed by atoms with van der Waals surface area (Å²) in [6.07, 6.45) is 20.4. The molecular weight excluding hydrogens is 1280 g/mol. The van der Waals surface area contributed by atoms with Crippen molar-refractivity contribution >= 4 is 87.8 Å². The fourth-order valence-corrected chi connectivity index (χ4v) is 11.1. The molecule has 3 aliphatic rings. The second kappa shape index (κ2) is 47.9. The number of hydrogen-bond donors (Lipinski definition) is 0. The first-order chi connectivity index (χ1) is 45.5. The fraction of sp³-hybridized carbons (Fsp3) is 0.592. The molecule has 94 heavy (non-hydrogen) atoms. The van der Waals surface area contributed by atoms with Crippen LogP contribution in [0.25, 0.3) is 0 Å². The van der Waals surface area contributed by atoms with Crippen LogP contribution in [0.4, 0.5) is 0 Å². The van der Waals surface area contributed by atoms with Gasteiger partial charge in [0.25, 0.3) is 0 Å². The highest BCUT2D eigenvalue weighted by Gasteiger charge is 2.34. The van der Waals surface area contributed by atoms with E-state index in [9.17, 15) is 43.2 Å². The number of methoxy groups -OCH3 is 2. The van der Waals surface area contributed by atoms with Gasteiger partial charge >= 0.3 is 47.8 Å². The van der Waals surface area contributed by atoms with Crippen LogP contribution in [0.1, 0.15) is 167 Å². The minimum Gasteiger partial charge on any atom is -0.494 e. The lowest BCUT2D eigenvalue weighted by Gasteiger charge is -2.25. The molecule has 6 rings (SSSR count). The number of benzene rings is 3. The van der Waals surface area contributed by atoms with E-state index in [1.807, 2.05) is 0 Å². The van der Waals surface area contributed by atoms with E-state index in [1.54, 1.807) is 72.8 Å². The zero-order valence-electron chi connectivity index (χ0n) is 54.5. The average Bonchev–Trinajstić information content (AvgIpc) is 0.954. The number of carbonyl (C=O) groups excluding carboxylic acids is 9. The molecule has 0 aromatic heterocycles. The zero-order valence-corrected chi connectivity index (χ0v) is 56.8. The molecular formula is C71H95Cl3O20. The Morgan fingerprint density at radius 2 is 0.606 bits per heavy atom. The number of ether oxygens (including phenoxy) is 11. The third-order valence-electron chi connectivity index (χ3n) is 16.2. The summed E-state index contributed by atoms with van der Waals surface area (Å²) >= 11 is 16.5. The van der Waals surface area contributed by atoms with Crippen LogP contribution in [-0.4, -0.2) is 119 Å². The molecule has 0 radical (unpaired) electrons. The second-order valence-corrected chi connectivity index (χ2v) is 24.3. The topological polar surface area (TPSA) is 255 Å². The van der Waals surface area contributed by atoms with Crippen molar-refractivity contribution in [2.24, 2.45) is 35.5 Å². The van der Waals surface area contributed by atoms with Crippen molar-refractivity contribution in [3.05, 3.63) is 85.5 Å². The lowest BCUT2D eigenvalue weighted by Crippen LogP contribution is -2.29. The Bertz CT molecular complexity index is 2720. The van der Waals surface area contributed by atoms with Crippen molar-refractivity contribution in [3.63, 3.8) is 0 Å². The summed E-state index contributed by atoms with van der Waals surface area (Å²) in [5.74, 6) is 1.24. The molecule has 3 aromatic carbocycles. The Hall–Kier alpha value is -6.90. The normalized spacial score (nSPS) is 18.1. The van der Waals surface area contributed by atoms with Crippen LogP contribution in [0, 0.1) is 35.5 Å². The van der Waals surface area contributed by atoms with Crippen LogP contribution in [-0.2, 0) is 66.8 Å². The van der Waals surface area contributed by atoms with Gasteiger partial charge in [0, 0.05) is 23.8 Å². The molecule has 0 N–H and O–H groups in total. The predicted octanol–water partition coefficient (Wildman–Crippen LogP) is 14.2. The molecule has 0 saturated heterocycles. The number of unbranched alkanes of at least 4 members (excludes halogenated alkanes) is 9. The first-order valence-electron chi connectivity index (χ1n) is 33.0. The average molecular weight is 1370 g/mol. The van der Waals surface area contributed by atoms with Crippen LogP contribution in [0.3, 0.4) is 0 Å². The van der Waals surface area contributed by atoms with E-state index >= 15 is 0 Å². The maximum absolute atomic E-state index is 12.4. The largest absolute Gasteiger partial charge is 0.494 e.